The number of hydrogen-bond acceptors (Lipinski definition) is 9. The Labute approximate surface area is 215 Å². The molecule has 5 N–H and O–H groups in total. The molecular weight excluding hydrogens is 486 g/mol. The number of benzene rings is 1. The number of phenolic OH excluding ortho intramolecular Hbond substituents is 2. The monoisotopic (exact) mass is 521 g/mol. The second-order valence-corrected chi connectivity index (χ2v) is 8.25. The summed E-state index contributed by atoms with van der Waals surface area (Å²) in [4.78, 5) is 61.2. The molecule has 0 heterocycles. The highest BCUT2D eigenvalue weighted by Crippen LogP contribution is 2.25. The number of amides is 3. The molecule has 12 nitrogen and oxygen atoms in total. The molecule has 0 radical (unpaired) electrons. The number of hydrogen-bond donors (Lipinski definition) is 5. The Morgan fingerprint density at radius 2 is 1.65 bits per heavy atom. The fourth-order valence-electron chi connectivity index (χ4n) is 3.05. The number of carbonyl (C=O) groups is 5. The van der Waals surface area contributed by atoms with Crippen molar-refractivity contribution in [2.24, 2.45) is 5.92 Å². The zero-order valence-corrected chi connectivity index (χ0v) is 21.4. The lowest BCUT2D eigenvalue weighted by Crippen LogP contribution is -2.55. The zero-order chi connectivity index (χ0) is 28.0. The molecule has 0 aliphatic rings. The maximum absolute atomic E-state index is 12.9. The standard InChI is InChI=1S/C25H35N3O9/c1-5-36-22(33)12-9-17(25(35)37-6-2)27-24(34)23(15(3)4)28-21(32)14-26-20(31)11-8-16-7-10-18(29)19(30)13-16/h7-8,10-11,13,15,17,23,29-30H,5-6,9,12,14H2,1-4H3,(H,26,31)(H,27,34)(H,28,32)/b11-8+/t17-,23+/m1/s1. The Bertz CT molecular complexity index is 992. The minimum atomic E-state index is -1.11. The summed E-state index contributed by atoms with van der Waals surface area (Å²) in [6.07, 6.45) is 2.37. The van der Waals surface area contributed by atoms with E-state index in [4.69, 9.17) is 9.47 Å². The van der Waals surface area contributed by atoms with Gasteiger partial charge in [0.15, 0.2) is 11.5 Å². The fourth-order valence-corrected chi connectivity index (χ4v) is 3.05. The van der Waals surface area contributed by atoms with Gasteiger partial charge in [0, 0.05) is 12.5 Å². The van der Waals surface area contributed by atoms with Gasteiger partial charge < -0.3 is 35.6 Å². The predicted octanol–water partition coefficient (Wildman–Crippen LogP) is 0.759. The fraction of sp³-hybridized carbons (Fsp3) is 0.480. The van der Waals surface area contributed by atoms with Gasteiger partial charge in [0.25, 0.3) is 0 Å². The maximum atomic E-state index is 12.9. The van der Waals surface area contributed by atoms with Gasteiger partial charge in [-0.25, -0.2) is 4.79 Å². The quantitative estimate of drug-likeness (QED) is 0.134. The Balaban J connectivity index is 2.71. The van der Waals surface area contributed by atoms with E-state index in [9.17, 15) is 34.2 Å². The molecular formula is C25H35N3O9. The van der Waals surface area contributed by atoms with E-state index >= 15 is 0 Å². The van der Waals surface area contributed by atoms with Gasteiger partial charge in [-0.3, -0.25) is 19.2 Å². The van der Waals surface area contributed by atoms with Crippen molar-refractivity contribution in [1.29, 1.82) is 0 Å². The molecule has 0 aliphatic carbocycles. The van der Waals surface area contributed by atoms with Crippen LogP contribution in [0.2, 0.25) is 0 Å². The molecule has 1 aromatic carbocycles. The number of rotatable bonds is 14. The Kier molecular flexibility index (Phi) is 13.2. The highest BCUT2D eigenvalue weighted by molar-refractivity contribution is 5.96. The third kappa shape index (κ3) is 11.5. The number of carbonyl (C=O) groups excluding carboxylic acids is 5. The summed E-state index contributed by atoms with van der Waals surface area (Å²) in [5.74, 6) is -4.13. The minimum Gasteiger partial charge on any atom is -0.504 e. The van der Waals surface area contributed by atoms with Gasteiger partial charge in [-0.2, -0.15) is 0 Å². The topological polar surface area (TPSA) is 180 Å². The van der Waals surface area contributed by atoms with E-state index in [2.05, 4.69) is 16.0 Å². The second-order valence-electron chi connectivity index (χ2n) is 8.25. The van der Waals surface area contributed by atoms with Crippen LogP contribution in [-0.4, -0.2) is 71.7 Å². The first-order chi connectivity index (χ1) is 17.5. The zero-order valence-electron chi connectivity index (χ0n) is 21.4. The van der Waals surface area contributed by atoms with Crippen LogP contribution in [0.4, 0.5) is 0 Å². The SMILES string of the molecule is CCOC(=O)CC[C@@H](NC(=O)[C@@H](NC(=O)CNC(=O)/C=C/c1ccc(O)c(O)c1)C(C)C)C(=O)OCC. The van der Waals surface area contributed by atoms with E-state index in [1.54, 1.807) is 27.7 Å². The molecule has 37 heavy (non-hydrogen) atoms. The van der Waals surface area contributed by atoms with Gasteiger partial charge in [-0.15, -0.1) is 0 Å². The second kappa shape index (κ2) is 15.8. The molecule has 2 atom stereocenters. The molecule has 0 unspecified atom stereocenters. The van der Waals surface area contributed by atoms with Gasteiger partial charge in [-0.05, 0) is 50.0 Å². The highest BCUT2D eigenvalue weighted by atomic mass is 16.5. The maximum Gasteiger partial charge on any atom is 0.328 e. The van der Waals surface area contributed by atoms with Crippen molar-refractivity contribution in [3.63, 3.8) is 0 Å². The summed E-state index contributed by atoms with van der Waals surface area (Å²) in [5, 5.41) is 26.2. The van der Waals surface area contributed by atoms with Crippen LogP contribution in [0.1, 0.15) is 46.1 Å². The van der Waals surface area contributed by atoms with E-state index in [1.165, 1.54) is 24.3 Å². The van der Waals surface area contributed by atoms with Crippen LogP contribution in [-0.2, 0) is 33.4 Å². The van der Waals surface area contributed by atoms with Crippen molar-refractivity contribution in [2.75, 3.05) is 19.8 Å². The Morgan fingerprint density at radius 3 is 2.24 bits per heavy atom. The van der Waals surface area contributed by atoms with Crippen molar-refractivity contribution >= 4 is 35.7 Å². The smallest absolute Gasteiger partial charge is 0.328 e. The van der Waals surface area contributed by atoms with Crippen LogP contribution in [0.3, 0.4) is 0 Å². The van der Waals surface area contributed by atoms with E-state index in [0.29, 0.717) is 5.56 Å². The molecule has 0 saturated carbocycles. The average molecular weight is 522 g/mol. The molecule has 204 valence electrons. The van der Waals surface area contributed by atoms with Crippen LogP contribution in [0.15, 0.2) is 24.3 Å². The largest absolute Gasteiger partial charge is 0.504 e. The normalized spacial score (nSPS) is 12.5. The van der Waals surface area contributed by atoms with Crippen LogP contribution >= 0.6 is 0 Å². The van der Waals surface area contributed by atoms with Gasteiger partial charge in [0.1, 0.15) is 12.1 Å². The van der Waals surface area contributed by atoms with Gasteiger partial charge in [0.2, 0.25) is 17.7 Å². The van der Waals surface area contributed by atoms with Crippen LogP contribution in [0.5, 0.6) is 11.5 Å². The predicted molar refractivity (Wildman–Crippen MR) is 133 cm³/mol. The van der Waals surface area contributed by atoms with Crippen LogP contribution in [0, 0.1) is 5.92 Å². The van der Waals surface area contributed by atoms with Crippen LogP contribution < -0.4 is 16.0 Å². The van der Waals surface area contributed by atoms with Gasteiger partial charge >= 0.3 is 11.9 Å². The number of esters is 2. The molecule has 3 amide bonds. The van der Waals surface area contributed by atoms with Crippen molar-refractivity contribution in [3.05, 3.63) is 29.8 Å². The molecule has 0 spiro atoms. The van der Waals surface area contributed by atoms with Crippen molar-refractivity contribution in [3.8, 4) is 11.5 Å². The van der Waals surface area contributed by atoms with E-state index in [-0.39, 0.29) is 43.5 Å². The minimum absolute atomic E-state index is 0.0383. The summed E-state index contributed by atoms with van der Waals surface area (Å²) in [6.45, 7) is 6.48. The lowest BCUT2D eigenvalue weighted by molar-refractivity contribution is -0.149. The first-order valence-corrected chi connectivity index (χ1v) is 11.9. The first-order valence-electron chi connectivity index (χ1n) is 11.9. The van der Waals surface area contributed by atoms with Gasteiger partial charge in [-0.1, -0.05) is 19.9 Å². The lowest BCUT2D eigenvalue weighted by Gasteiger charge is -2.24. The number of nitrogens with one attached hydrogen (secondary N) is 3. The molecule has 0 aliphatic heterocycles. The lowest BCUT2D eigenvalue weighted by atomic mass is 10.0. The van der Waals surface area contributed by atoms with Crippen molar-refractivity contribution in [1.82, 2.24) is 16.0 Å². The highest BCUT2D eigenvalue weighted by Gasteiger charge is 2.30. The average Bonchev–Trinajstić information content (AvgIpc) is 2.84. The van der Waals surface area contributed by atoms with E-state index < -0.39 is 48.3 Å². The van der Waals surface area contributed by atoms with Crippen molar-refractivity contribution < 1.29 is 43.7 Å². The third-order valence-corrected chi connectivity index (χ3v) is 4.95. The number of ether oxygens (including phenoxy) is 2. The van der Waals surface area contributed by atoms with E-state index in [0.717, 1.165) is 6.08 Å². The molecule has 12 heteroatoms. The summed E-state index contributed by atoms with van der Waals surface area (Å²) < 4.78 is 9.83. The summed E-state index contributed by atoms with van der Waals surface area (Å²) in [6, 6.07) is 1.86. The molecule has 0 fully saturated rings. The molecule has 0 bridgehead atoms. The molecule has 0 aromatic heterocycles. The Hall–Kier alpha value is -4.09. The summed E-state index contributed by atoms with van der Waals surface area (Å²) >= 11 is 0. The first kappa shape index (κ1) is 30.9. The van der Waals surface area contributed by atoms with Crippen LogP contribution in [0.25, 0.3) is 6.08 Å². The molecule has 1 aromatic rings. The number of phenols is 2. The summed E-state index contributed by atoms with van der Waals surface area (Å²) in [5.41, 5.74) is 0.450. The third-order valence-electron chi connectivity index (χ3n) is 4.95. The summed E-state index contributed by atoms with van der Waals surface area (Å²) in [7, 11) is 0. The van der Waals surface area contributed by atoms with Crippen molar-refractivity contribution in [2.45, 2.75) is 52.6 Å². The number of aromatic hydroxyl groups is 2. The molecule has 1 rings (SSSR count). The Morgan fingerprint density at radius 1 is 0.973 bits per heavy atom. The molecule has 0 saturated heterocycles. The van der Waals surface area contributed by atoms with E-state index in [1.807, 2.05) is 0 Å². The van der Waals surface area contributed by atoms with Gasteiger partial charge in [0.05, 0.1) is 19.8 Å².